The summed E-state index contributed by atoms with van der Waals surface area (Å²) < 4.78 is 5.64. The maximum atomic E-state index is 5.64. The maximum absolute atomic E-state index is 5.64. The Balaban J connectivity index is 2.02. The van der Waals surface area contributed by atoms with Crippen molar-refractivity contribution < 1.29 is 4.42 Å². The molecule has 0 spiro atoms. The first-order chi connectivity index (χ1) is 7.51. The van der Waals surface area contributed by atoms with Crippen molar-refractivity contribution in [2.24, 2.45) is 16.7 Å². The lowest BCUT2D eigenvalue weighted by Crippen LogP contribution is -2.46. The van der Waals surface area contributed by atoms with E-state index in [4.69, 9.17) is 4.42 Å². The zero-order valence-electron chi connectivity index (χ0n) is 10.7. The van der Waals surface area contributed by atoms with Crippen LogP contribution in [0.3, 0.4) is 0 Å². The molecule has 16 heavy (non-hydrogen) atoms. The van der Waals surface area contributed by atoms with E-state index in [2.05, 4.69) is 26.8 Å². The fourth-order valence-electron chi connectivity index (χ4n) is 4.30. The molecule has 1 aromatic rings. The third-order valence-electron chi connectivity index (χ3n) is 5.18. The van der Waals surface area contributed by atoms with Crippen LogP contribution in [-0.2, 0) is 12.8 Å². The average molecular weight is 218 g/mol. The van der Waals surface area contributed by atoms with Crippen molar-refractivity contribution >= 4 is 0 Å². The Labute approximate surface area is 98.2 Å². The molecular formula is C15H22O. The molecule has 0 N–H and O–H groups in total. The molecule has 1 saturated carbocycles. The molecule has 2 atom stereocenters. The van der Waals surface area contributed by atoms with E-state index in [-0.39, 0.29) is 0 Å². The Morgan fingerprint density at radius 2 is 2.06 bits per heavy atom. The first-order valence-electron chi connectivity index (χ1n) is 6.57. The second kappa shape index (κ2) is 3.15. The Kier molecular flexibility index (Phi) is 2.05. The highest BCUT2D eigenvalue weighted by Crippen LogP contribution is 2.56. The summed E-state index contributed by atoms with van der Waals surface area (Å²) >= 11 is 0. The summed E-state index contributed by atoms with van der Waals surface area (Å²) in [6.07, 6.45) is 8.43. The molecule has 0 aliphatic heterocycles. The van der Waals surface area contributed by atoms with Gasteiger partial charge in [0.1, 0.15) is 5.76 Å². The largest absolute Gasteiger partial charge is 0.469 e. The predicted octanol–water partition coefficient (Wildman–Crippen LogP) is 4.21. The van der Waals surface area contributed by atoms with Crippen LogP contribution < -0.4 is 0 Å². The minimum atomic E-state index is 0.484. The number of hydrogen-bond donors (Lipinski definition) is 0. The van der Waals surface area contributed by atoms with E-state index in [1.165, 1.54) is 37.0 Å². The zero-order valence-corrected chi connectivity index (χ0v) is 10.7. The van der Waals surface area contributed by atoms with Gasteiger partial charge >= 0.3 is 0 Å². The minimum Gasteiger partial charge on any atom is -0.469 e. The van der Waals surface area contributed by atoms with E-state index in [1.54, 1.807) is 0 Å². The molecule has 0 aromatic carbocycles. The van der Waals surface area contributed by atoms with E-state index >= 15 is 0 Å². The third-order valence-corrected chi connectivity index (χ3v) is 5.18. The van der Waals surface area contributed by atoms with E-state index < -0.39 is 0 Å². The lowest BCUT2D eigenvalue weighted by molar-refractivity contribution is -0.0100. The van der Waals surface area contributed by atoms with Gasteiger partial charge in [-0.3, -0.25) is 0 Å². The predicted molar refractivity (Wildman–Crippen MR) is 65.3 cm³/mol. The van der Waals surface area contributed by atoms with Crippen LogP contribution in [0.25, 0.3) is 0 Å². The van der Waals surface area contributed by atoms with E-state index in [1.807, 2.05) is 6.26 Å². The quantitative estimate of drug-likeness (QED) is 0.635. The number of fused-ring (bicyclic) bond motifs is 2. The van der Waals surface area contributed by atoms with E-state index in [0.717, 1.165) is 12.3 Å². The first-order valence-corrected chi connectivity index (χ1v) is 6.57. The number of furan rings is 1. The molecule has 1 heteroatoms. The Hall–Kier alpha value is -0.720. The second-order valence-electron chi connectivity index (χ2n) is 6.80. The smallest absolute Gasteiger partial charge is 0.107 e. The molecule has 3 rings (SSSR count). The monoisotopic (exact) mass is 218 g/mol. The molecule has 0 unspecified atom stereocenters. The Bertz CT molecular complexity index is 401. The average Bonchev–Trinajstić information content (AvgIpc) is 2.60. The van der Waals surface area contributed by atoms with Crippen molar-refractivity contribution in [1.29, 1.82) is 0 Å². The van der Waals surface area contributed by atoms with Crippen LogP contribution in [0.2, 0.25) is 0 Å². The highest BCUT2D eigenvalue weighted by Gasteiger charge is 2.49. The minimum absolute atomic E-state index is 0.484. The topological polar surface area (TPSA) is 13.1 Å². The van der Waals surface area contributed by atoms with Crippen LogP contribution in [-0.4, -0.2) is 0 Å². The van der Waals surface area contributed by atoms with Crippen molar-refractivity contribution in [3.63, 3.8) is 0 Å². The number of rotatable bonds is 0. The Morgan fingerprint density at radius 3 is 2.88 bits per heavy atom. The van der Waals surface area contributed by atoms with Crippen LogP contribution in [0.15, 0.2) is 16.7 Å². The third kappa shape index (κ3) is 1.37. The molecule has 1 nitrogen and oxygen atoms in total. The summed E-state index contributed by atoms with van der Waals surface area (Å²) in [5.74, 6) is 2.06. The van der Waals surface area contributed by atoms with Gasteiger partial charge in [-0.05, 0) is 47.6 Å². The molecule has 1 aromatic heterocycles. The van der Waals surface area contributed by atoms with Crippen molar-refractivity contribution in [3.05, 3.63) is 23.7 Å². The van der Waals surface area contributed by atoms with Crippen molar-refractivity contribution in [3.8, 4) is 0 Å². The van der Waals surface area contributed by atoms with Crippen LogP contribution in [0.4, 0.5) is 0 Å². The molecule has 0 bridgehead atoms. The van der Waals surface area contributed by atoms with E-state index in [0.29, 0.717) is 10.8 Å². The molecule has 1 heterocycles. The van der Waals surface area contributed by atoms with Crippen molar-refractivity contribution in [1.82, 2.24) is 0 Å². The van der Waals surface area contributed by atoms with Gasteiger partial charge in [0.15, 0.2) is 0 Å². The van der Waals surface area contributed by atoms with Crippen molar-refractivity contribution in [2.75, 3.05) is 0 Å². The summed E-state index contributed by atoms with van der Waals surface area (Å²) in [5.41, 5.74) is 2.47. The highest BCUT2D eigenvalue weighted by molar-refractivity contribution is 5.25. The number of hydrogen-bond acceptors (Lipinski definition) is 1. The van der Waals surface area contributed by atoms with Gasteiger partial charge in [-0.1, -0.05) is 27.2 Å². The zero-order chi connectivity index (χ0) is 11.4. The summed E-state index contributed by atoms with van der Waals surface area (Å²) in [6, 6.07) is 2.18. The highest BCUT2D eigenvalue weighted by atomic mass is 16.3. The van der Waals surface area contributed by atoms with Gasteiger partial charge in [-0.25, -0.2) is 0 Å². The van der Waals surface area contributed by atoms with Crippen LogP contribution >= 0.6 is 0 Å². The molecule has 1 fully saturated rings. The molecule has 88 valence electrons. The normalized spacial score (nSPS) is 36.6. The summed E-state index contributed by atoms with van der Waals surface area (Å²) in [5, 5.41) is 0. The molecule has 2 aliphatic carbocycles. The molecule has 0 amide bonds. The summed E-state index contributed by atoms with van der Waals surface area (Å²) in [6.45, 7) is 7.39. The van der Waals surface area contributed by atoms with Crippen LogP contribution in [0, 0.1) is 16.7 Å². The van der Waals surface area contributed by atoms with Crippen LogP contribution in [0.5, 0.6) is 0 Å². The molecule has 0 saturated heterocycles. The SMILES string of the molecule is CC1(C)CCC[C@]2(C)Cc3ccoc3C[C@@H]12. The van der Waals surface area contributed by atoms with Gasteiger partial charge in [0, 0.05) is 6.42 Å². The van der Waals surface area contributed by atoms with Gasteiger partial charge in [0.2, 0.25) is 0 Å². The fraction of sp³-hybridized carbons (Fsp3) is 0.733. The fourth-order valence-corrected chi connectivity index (χ4v) is 4.30. The lowest BCUT2D eigenvalue weighted by Gasteiger charge is -2.53. The van der Waals surface area contributed by atoms with E-state index in [9.17, 15) is 0 Å². The summed E-state index contributed by atoms with van der Waals surface area (Å²) in [7, 11) is 0. The van der Waals surface area contributed by atoms with Gasteiger partial charge in [-0.15, -0.1) is 0 Å². The standard InChI is InChI=1S/C15H22O/c1-14(2)6-4-7-15(3)10-11-5-8-16-12(11)9-13(14)15/h5,8,13H,4,6-7,9-10H2,1-3H3/t13-,15+/m0/s1. The molecule has 0 radical (unpaired) electrons. The van der Waals surface area contributed by atoms with Gasteiger partial charge in [-0.2, -0.15) is 0 Å². The Morgan fingerprint density at radius 1 is 1.25 bits per heavy atom. The first kappa shape index (κ1) is 10.4. The maximum Gasteiger partial charge on any atom is 0.107 e. The van der Waals surface area contributed by atoms with Gasteiger partial charge in [0.05, 0.1) is 6.26 Å². The second-order valence-corrected chi connectivity index (χ2v) is 6.80. The van der Waals surface area contributed by atoms with Gasteiger partial charge in [0.25, 0.3) is 0 Å². The van der Waals surface area contributed by atoms with Gasteiger partial charge < -0.3 is 4.42 Å². The lowest BCUT2D eigenvalue weighted by atomic mass is 9.52. The van der Waals surface area contributed by atoms with Crippen molar-refractivity contribution in [2.45, 2.75) is 52.9 Å². The molecule has 2 aliphatic rings. The van der Waals surface area contributed by atoms with Crippen LogP contribution in [0.1, 0.15) is 51.4 Å². The molecular weight excluding hydrogens is 196 g/mol. The summed E-state index contributed by atoms with van der Waals surface area (Å²) in [4.78, 5) is 0.